The lowest BCUT2D eigenvalue weighted by Crippen LogP contribution is -2.20. The molecule has 1 aliphatic rings. The Hall–Kier alpha value is -2.43. The third-order valence-corrected chi connectivity index (χ3v) is 3.76. The van der Waals surface area contributed by atoms with Crippen LogP contribution < -0.4 is 4.90 Å². The molecule has 4 rings (SSSR count). The number of fused-ring (bicyclic) bond motifs is 1. The van der Waals surface area contributed by atoms with E-state index in [0.717, 1.165) is 41.3 Å². The van der Waals surface area contributed by atoms with E-state index >= 15 is 0 Å². The molecule has 20 heavy (non-hydrogen) atoms. The van der Waals surface area contributed by atoms with Crippen molar-refractivity contribution in [3.8, 4) is 11.3 Å². The summed E-state index contributed by atoms with van der Waals surface area (Å²) in [6.45, 7) is 2.11. The normalized spacial score (nSPS) is 15.1. The molecule has 0 bridgehead atoms. The van der Waals surface area contributed by atoms with Crippen molar-refractivity contribution in [3.63, 3.8) is 0 Å². The van der Waals surface area contributed by atoms with Gasteiger partial charge in [0.05, 0.1) is 5.69 Å². The standard InChI is InChI=1S/C15H15N5/c1-2-9-20(8-1)15-17-7-5-13(19-15)12-10-18-14-11(12)4-3-6-16-14/h3-7,10H,1-2,8-9H2,(H,16,18). The summed E-state index contributed by atoms with van der Waals surface area (Å²) in [5.41, 5.74) is 2.92. The van der Waals surface area contributed by atoms with Gasteiger partial charge in [-0.3, -0.25) is 0 Å². The predicted molar refractivity (Wildman–Crippen MR) is 78.6 cm³/mol. The highest BCUT2D eigenvalue weighted by molar-refractivity contribution is 5.92. The maximum atomic E-state index is 4.71. The quantitative estimate of drug-likeness (QED) is 0.774. The van der Waals surface area contributed by atoms with Crippen LogP contribution in [0.4, 0.5) is 5.95 Å². The number of aromatic amines is 1. The van der Waals surface area contributed by atoms with Crippen molar-refractivity contribution in [2.75, 3.05) is 18.0 Å². The van der Waals surface area contributed by atoms with Gasteiger partial charge < -0.3 is 9.88 Å². The number of rotatable bonds is 2. The fourth-order valence-corrected chi connectivity index (χ4v) is 2.74. The second-order valence-corrected chi connectivity index (χ2v) is 5.04. The van der Waals surface area contributed by atoms with Gasteiger partial charge in [-0.1, -0.05) is 0 Å². The summed E-state index contributed by atoms with van der Waals surface area (Å²) in [6.07, 6.45) is 8.05. The number of hydrogen-bond acceptors (Lipinski definition) is 4. The van der Waals surface area contributed by atoms with Gasteiger partial charge in [0.15, 0.2) is 0 Å². The van der Waals surface area contributed by atoms with Crippen molar-refractivity contribution in [2.45, 2.75) is 12.8 Å². The van der Waals surface area contributed by atoms with Gasteiger partial charge in [-0.25, -0.2) is 15.0 Å². The minimum atomic E-state index is 0.832. The van der Waals surface area contributed by atoms with Gasteiger partial charge in [-0.05, 0) is 31.0 Å². The number of aromatic nitrogens is 4. The summed E-state index contributed by atoms with van der Waals surface area (Å²) in [6, 6.07) is 5.96. The second-order valence-electron chi connectivity index (χ2n) is 5.04. The van der Waals surface area contributed by atoms with Crippen LogP contribution in [0.15, 0.2) is 36.8 Å². The lowest BCUT2D eigenvalue weighted by atomic mass is 10.1. The minimum absolute atomic E-state index is 0.832. The highest BCUT2D eigenvalue weighted by atomic mass is 15.3. The van der Waals surface area contributed by atoms with E-state index in [1.807, 2.05) is 24.5 Å². The first-order chi connectivity index (χ1) is 9.92. The fraction of sp³-hybridized carbons (Fsp3) is 0.267. The summed E-state index contributed by atoms with van der Waals surface area (Å²) in [5, 5.41) is 1.10. The van der Waals surface area contributed by atoms with Crippen molar-refractivity contribution >= 4 is 17.0 Å². The summed E-state index contributed by atoms with van der Waals surface area (Å²) >= 11 is 0. The minimum Gasteiger partial charge on any atom is -0.345 e. The lowest BCUT2D eigenvalue weighted by Gasteiger charge is -2.15. The highest BCUT2D eigenvalue weighted by Crippen LogP contribution is 2.27. The molecule has 5 heteroatoms. The smallest absolute Gasteiger partial charge is 0.225 e. The molecule has 1 fully saturated rings. The molecular weight excluding hydrogens is 250 g/mol. The summed E-state index contributed by atoms with van der Waals surface area (Å²) in [7, 11) is 0. The third kappa shape index (κ3) is 1.82. The zero-order valence-corrected chi connectivity index (χ0v) is 11.1. The Labute approximate surface area is 116 Å². The number of nitrogens with zero attached hydrogens (tertiary/aromatic N) is 4. The molecule has 0 atom stereocenters. The molecule has 0 amide bonds. The zero-order valence-electron chi connectivity index (χ0n) is 11.1. The molecule has 3 aromatic heterocycles. The molecule has 1 saturated heterocycles. The summed E-state index contributed by atoms with van der Waals surface area (Å²) in [5.74, 6) is 0.832. The van der Waals surface area contributed by atoms with Crippen LogP contribution in [0.2, 0.25) is 0 Å². The first kappa shape index (κ1) is 11.4. The van der Waals surface area contributed by atoms with Crippen molar-refractivity contribution in [1.29, 1.82) is 0 Å². The summed E-state index contributed by atoms with van der Waals surface area (Å²) < 4.78 is 0. The van der Waals surface area contributed by atoms with E-state index in [-0.39, 0.29) is 0 Å². The van der Waals surface area contributed by atoms with Gasteiger partial charge in [-0.2, -0.15) is 0 Å². The average molecular weight is 265 g/mol. The highest BCUT2D eigenvalue weighted by Gasteiger charge is 2.16. The summed E-state index contributed by atoms with van der Waals surface area (Å²) in [4.78, 5) is 18.9. The van der Waals surface area contributed by atoms with Gasteiger partial charge in [0.25, 0.3) is 0 Å². The number of anilines is 1. The number of H-pyrrole nitrogens is 1. The molecule has 1 aliphatic heterocycles. The van der Waals surface area contributed by atoms with E-state index in [0.29, 0.717) is 0 Å². The topological polar surface area (TPSA) is 57.7 Å². The molecule has 0 aliphatic carbocycles. The van der Waals surface area contributed by atoms with Crippen LogP contribution in [0.1, 0.15) is 12.8 Å². The van der Waals surface area contributed by atoms with E-state index in [1.54, 1.807) is 6.20 Å². The van der Waals surface area contributed by atoms with E-state index in [1.165, 1.54) is 12.8 Å². The van der Waals surface area contributed by atoms with Crippen LogP contribution in [-0.4, -0.2) is 33.0 Å². The van der Waals surface area contributed by atoms with Crippen molar-refractivity contribution in [3.05, 3.63) is 36.8 Å². The van der Waals surface area contributed by atoms with Crippen LogP contribution in [0, 0.1) is 0 Å². The average Bonchev–Trinajstić information content (AvgIpc) is 3.17. The van der Waals surface area contributed by atoms with Crippen LogP contribution in [0.3, 0.4) is 0 Å². The Balaban J connectivity index is 1.80. The Bertz CT molecular complexity index is 743. The number of nitrogens with one attached hydrogen (secondary N) is 1. The molecule has 0 unspecified atom stereocenters. The van der Waals surface area contributed by atoms with Gasteiger partial charge in [0.2, 0.25) is 5.95 Å². The van der Waals surface area contributed by atoms with Crippen LogP contribution >= 0.6 is 0 Å². The monoisotopic (exact) mass is 265 g/mol. The Morgan fingerprint density at radius 3 is 2.85 bits per heavy atom. The SMILES string of the molecule is c1cnc2[nH]cc(-c3ccnc(N4CCCC4)n3)c2c1. The third-order valence-electron chi connectivity index (χ3n) is 3.76. The zero-order chi connectivity index (χ0) is 13.4. The van der Waals surface area contributed by atoms with E-state index < -0.39 is 0 Å². The lowest BCUT2D eigenvalue weighted by molar-refractivity contribution is 0.900. The van der Waals surface area contributed by atoms with E-state index in [9.17, 15) is 0 Å². The number of hydrogen-bond donors (Lipinski definition) is 1. The van der Waals surface area contributed by atoms with Crippen LogP contribution in [0.5, 0.6) is 0 Å². The molecule has 0 saturated carbocycles. The van der Waals surface area contributed by atoms with Gasteiger partial charge in [-0.15, -0.1) is 0 Å². The maximum Gasteiger partial charge on any atom is 0.225 e. The van der Waals surface area contributed by atoms with E-state index in [2.05, 4.69) is 25.9 Å². The van der Waals surface area contributed by atoms with E-state index in [4.69, 9.17) is 4.98 Å². The van der Waals surface area contributed by atoms with Crippen LogP contribution in [0.25, 0.3) is 22.3 Å². The Morgan fingerprint density at radius 1 is 1.05 bits per heavy atom. The van der Waals surface area contributed by atoms with Gasteiger partial charge in [0, 0.05) is 42.6 Å². The van der Waals surface area contributed by atoms with Crippen molar-refractivity contribution < 1.29 is 0 Å². The van der Waals surface area contributed by atoms with Gasteiger partial charge in [0.1, 0.15) is 5.65 Å². The largest absolute Gasteiger partial charge is 0.345 e. The first-order valence-corrected chi connectivity index (χ1v) is 6.92. The number of pyridine rings is 1. The molecule has 0 aromatic carbocycles. The molecule has 5 nitrogen and oxygen atoms in total. The molecular formula is C15H15N5. The molecule has 100 valence electrons. The Morgan fingerprint density at radius 2 is 1.95 bits per heavy atom. The molecule has 3 aromatic rings. The first-order valence-electron chi connectivity index (χ1n) is 6.92. The fourth-order valence-electron chi connectivity index (χ4n) is 2.74. The molecule has 0 radical (unpaired) electrons. The Kier molecular flexibility index (Phi) is 2.62. The predicted octanol–water partition coefficient (Wildman–Crippen LogP) is 2.62. The molecule has 0 spiro atoms. The molecule has 4 heterocycles. The van der Waals surface area contributed by atoms with Crippen molar-refractivity contribution in [1.82, 2.24) is 19.9 Å². The van der Waals surface area contributed by atoms with Crippen molar-refractivity contribution in [2.24, 2.45) is 0 Å². The molecule has 1 N–H and O–H groups in total. The van der Waals surface area contributed by atoms with Crippen LogP contribution in [-0.2, 0) is 0 Å². The second kappa shape index (κ2) is 4.59. The van der Waals surface area contributed by atoms with Gasteiger partial charge >= 0.3 is 0 Å². The maximum absolute atomic E-state index is 4.71.